The van der Waals surface area contributed by atoms with Crippen molar-refractivity contribution in [3.63, 3.8) is 0 Å². The molecule has 122 valence electrons. The maximum absolute atomic E-state index is 12.6. The van der Waals surface area contributed by atoms with Crippen LogP contribution >= 0.6 is 0 Å². The molecule has 24 heavy (non-hydrogen) atoms. The van der Waals surface area contributed by atoms with Crippen molar-refractivity contribution in [2.24, 2.45) is 0 Å². The van der Waals surface area contributed by atoms with E-state index in [9.17, 15) is 13.2 Å². The zero-order valence-electron chi connectivity index (χ0n) is 12.2. The highest BCUT2D eigenvalue weighted by Gasteiger charge is 2.19. The molecule has 0 aliphatic carbocycles. The van der Waals surface area contributed by atoms with Gasteiger partial charge >= 0.3 is 5.97 Å². The fourth-order valence-corrected chi connectivity index (χ4v) is 3.36. The molecule has 0 amide bonds. The van der Waals surface area contributed by atoms with Gasteiger partial charge in [0.15, 0.2) is 0 Å². The molecule has 0 radical (unpaired) electrons. The van der Waals surface area contributed by atoms with E-state index in [0.717, 1.165) is 0 Å². The number of para-hydroxylation sites is 1. The van der Waals surface area contributed by atoms with E-state index in [2.05, 4.69) is 14.7 Å². The summed E-state index contributed by atoms with van der Waals surface area (Å²) < 4.78 is 27.6. The predicted octanol–water partition coefficient (Wildman–Crippen LogP) is 1.71. The number of fused-ring (bicyclic) bond motifs is 1. The molecule has 0 atom stereocenters. The SMILES string of the molecule is Nc1cnc2c(S(=O)(=O)Nc3ccc(C(=O)O)cc3)cccc2n1. The van der Waals surface area contributed by atoms with Crippen LogP contribution < -0.4 is 10.5 Å². The number of aromatic nitrogens is 2. The number of anilines is 2. The highest BCUT2D eigenvalue weighted by molar-refractivity contribution is 7.93. The summed E-state index contributed by atoms with van der Waals surface area (Å²) in [5.74, 6) is -0.902. The molecule has 1 aromatic heterocycles. The van der Waals surface area contributed by atoms with Gasteiger partial charge in [0.2, 0.25) is 0 Å². The van der Waals surface area contributed by atoms with Crippen LogP contribution in [0.15, 0.2) is 53.6 Å². The van der Waals surface area contributed by atoms with Gasteiger partial charge in [-0.3, -0.25) is 4.72 Å². The number of rotatable bonds is 4. The van der Waals surface area contributed by atoms with Crippen molar-refractivity contribution in [2.75, 3.05) is 10.5 Å². The van der Waals surface area contributed by atoms with E-state index in [1.165, 1.54) is 36.5 Å². The van der Waals surface area contributed by atoms with Crippen LogP contribution in [0.4, 0.5) is 11.5 Å². The van der Waals surface area contributed by atoms with E-state index in [-0.39, 0.29) is 27.5 Å². The maximum atomic E-state index is 12.6. The number of nitrogen functional groups attached to an aromatic ring is 1. The number of carboxylic acid groups (broad SMARTS) is 1. The third kappa shape index (κ3) is 2.97. The second kappa shape index (κ2) is 5.78. The highest BCUT2D eigenvalue weighted by Crippen LogP contribution is 2.23. The fraction of sp³-hybridized carbons (Fsp3) is 0. The quantitative estimate of drug-likeness (QED) is 0.655. The van der Waals surface area contributed by atoms with Crippen molar-refractivity contribution >= 4 is 38.5 Å². The summed E-state index contributed by atoms with van der Waals surface area (Å²) in [5, 5.41) is 8.86. The predicted molar refractivity (Wildman–Crippen MR) is 88.2 cm³/mol. The van der Waals surface area contributed by atoms with Gasteiger partial charge in [0, 0.05) is 5.69 Å². The summed E-state index contributed by atoms with van der Waals surface area (Å²) in [6, 6.07) is 9.91. The largest absolute Gasteiger partial charge is 0.478 e. The Morgan fingerprint density at radius 1 is 1.12 bits per heavy atom. The van der Waals surface area contributed by atoms with Crippen molar-refractivity contribution in [3.8, 4) is 0 Å². The average Bonchev–Trinajstić information content (AvgIpc) is 2.54. The average molecular weight is 344 g/mol. The van der Waals surface area contributed by atoms with E-state index in [0.29, 0.717) is 5.52 Å². The number of sulfonamides is 1. The molecule has 3 rings (SSSR count). The molecule has 0 fully saturated rings. The van der Waals surface area contributed by atoms with Crippen LogP contribution in [0.1, 0.15) is 10.4 Å². The van der Waals surface area contributed by atoms with Crippen LogP contribution in [0.3, 0.4) is 0 Å². The number of nitrogens with one attached hydrogen (secondary N) is 1. The van der Waals surface area contributed by atoms with E-state index in [1.54, 1.807) is 12.1 Å². The van der Waals surface area contributed by atoms with Crippen molar-refractivity contribution in [2.45, 2.75) is 4.90 Å². The zero-order valence-corrected chi connectivity index (χ0v) is 13.0. The minimum absolute atomic E-state index is 0.0465. The summed E-state index contributed by atoms with van der Waals surface area (Å²) in [6.45, 7) is 0. The van der Waals surface area contributed by atoms with Crippen molar-refractivity contribution < 1.29 is 18.3 Å². The third-order valence-electron chi connectivity index (χ3n) is 3.23. The van der Waals surface area contributed by atoms with Crippen molar-refractivity contribution in [1.82, 2.24) is 9.97 Å². The molecule has 2 aromatic carbocycles. The van der Waals surface area contributed by atoms with Gasteiger partial charge in [-0.25, -0.2) is 23.2 Å². The highest BCUT2D eigenvalue weighted by atomic mass is 32.2. The zero-order chi connectivity index (χ0) is 17.3. The Labute approximate surface area is 137 Å². The standard InChI is InChI=1S/C15H12N4O4S/c16-13-8-17-14-11(18-13)2-1-3-12(14)24(22,23)19-10-6-4-9(5-7-10)15(20)21/h1-8,19H,(H2,16,18)(H,20,21). The molecular formula is C15H12N4O4S. The van der Waals surface area contributed by atoms with Crippen LogP contribution in [-0.2, 0) is 10.0 Å². The van der Waals surface area contributed by atoms with Crippen molar-refractivity contribution in [1.29, 1.82) is 0 Å². The molecule has 4 N–H and O–H groups in total. The first-order valence-corrected chi connectivity index (χ1v) is 8.22. The van der Waals surface area contributed by atoms with Crippen LogP contribution in [0.25, 0.3) is 11.0 Å². The Hall–Kier alpha value is -3.20. The molecule has 1 heterocycles. The number of hydrogen-bond donors (Lipinski definition) is 3. The first-order chi connectivity index (χ1) is 11.4. The minimum atomic E-state index is -3.93. The van der Waals surface area contributed by atoms with Gasteiger partial charge in [0.1, 0.15) is 16.2 Å². The first kappa shape index (κ1) is 15.7. The van der Waals surface area contributed by atoms with E-state index in [4.69, 9.17) is 10.8 Å². The summed E-state index contributed by atoms with van der Waals surface area (Å²) in [5.41, 5.74) is 6.41. The normalized spacial score (nSPS) is 11.3. The third-order valence-corrected chi connectivity index (χ3v) is 4.64. The lowest BCUT2D eigenvalue weighted by Crippen LogP contribution is -2.14. The molecule has 0 saturated heterocycles. The van der Waals surface area contributed by atoms with Gasteiger partial charge in [-0.2, -0.15) is 0 Å². The fourth-order valence-electron chi connectivity index (χ4n) is 2.14. The Morgan fingerprint density at radius 2 is 1.83 bits per heavy atom. The van der Waals surface area contributed by atoms with Gasteiger partial charge in [-0.1, -0.05) is 6.07 Å². The molecule has 9 heteroatoms. The Bertz CT molecular complexity index is 1030. The molecule has 0 aliphatic rings. The van der Waals surface area contributed by atoms with E-state index in [1.807, 2.05) is 0 Å². The minimum Gasteiger partial charge on any atom is -0.478 e. The van der Waals surface area contributed by atoms with Gasteiger partial charge < -0.3 is 10.8 Å². The first-order valence-electron chi connectivity index (χ1n) is 6.74. The smallest absolute Gasteiger partial charge is 0.335 e. The van der Waals surface area contributed by atoms with E-state index < -0.39 is 16.0 Å². The van der Waals surface area contributed by atoms with Gasteiger partial charge in [0.25, 0.3) is 10.0 Å². The van der Waals surface area contributed by atoms with Crippen LogP contribution in [0.2, 0.25) is 0 Å². The lowest BCUT2D eigenvalue weighted by atomic mass is 10.2. The molecule has 0 aliphatic heterocycles. The van der Waals surface area contributed by atoms with Crippen LogP contribution in [0.5, 0.6) is 0 Å². The van der Waals surface area contributed by atoms with Gasteiger partial charge in [-0.15, -0.1) is 0 Å². The summed E-state index contributed by atoms with van der Waals surface area (Å²) >= 11 is 0. The van der Waals surface area contributed by atoms with Crippen LogP contribution in [-0.4, -0.2) is 29.5 Å². The second-order valence-electron chi connectivity index (χ2n) is 4.91. The topological polar surface area (TPSA) is 135 Å². The lowest BCUT2D eigenvalue weighted by Gasteiger charge is -2.10. The number of nitrogens with zero attached hydrogens (tertiary/aromatic N) is 2. The molecule has 0 bridgehead atoms. The number of hydrogen-bond acceptors (Lipinski definition) is 6. The Morgan fingerprint density at radius 3 is 2.50 bits per heavy atom. The number of carbonyl (C=O) groups is 1. The molecule has 0 spiro atoms. The number of aromatic carboxylic acids is 1. The van der Waals surface area contributed by atoms with E-state index >= 15 is 0 Å². The summed E-state index contributed by atoms with van der Waals surface area (Å²) in [6.07, 6.45) is 1.28. The van der Waals surface area contributed by atoms with Crippen LogP contribution in [0, 0.1) is 0 Å². The summed E-state index contributed by atoms with van der Waals surface area (Å²) in [7, 11) is -3.93. The molecule has 0 unspecified atom stereocenters. The van der Waals surface area contributed by atoms with Gasteiger partial charge in [0.05, 0.1) is 17.3 Å². The lowest BCUT2D eigenvalue weighted by molar-refractivity contribution is 0.0697. The number of benzene rings is 2. The van der Waals surface area contributed by atoms with Gasteiger partial charge in [-0.05, 0) is 36.4 Å². The Kier molecular flexibility index (Phi) is 3.78. The monoisotopic (exact) mass is 344 g/mol. The summed E-state index contributed by atoms with van der Waals surface area (Å²) in [4.78, 5) is 18.9. The molecule has 3 aromatic rings. The number of carboxylic acids is 1. The maximum Gasteiger partial charge on any atom is 0.335 e. The second-order valence-corrected chi connectivity index (χ2v) is 6.56. The van der Waals surface area contributed by atoms with Crippen molar-refractivity contribution in [3.05, 3.63) is 54.2 Å². The molecule has 0 saturated carbocycles. The molecular weight excluding hydrogens is 332 g/mol. The molecule has 8 nitrogen and oxygen atoms in total. The Balaban J connectivity index is 2.00. The number of nitrogens with two attached hydrogens (primary N) is 1.